The number of carbonyl (C=O) groups is 1. The standard InChI is InChI=1S/C16H23N5O8/c1-9-13(16(22)17-6-7-29-21(27)28)14(15(20(25)26)10(2)18-9)11-4-3-5-12(8-11)19(23)24/h3-5,8,14,18-21,23,25,27H,6-7H2,1-2H3,(H,17,22). The van der Waals surface area contributed by atoms with Crippen molar-refractivity contribution in [1.82, 2.24) is 10.6 Å². The molecule has 0 saturated carbocycles. The first-order valence-electron chi connectivity index (χ1n) is 8.52. The summed E-state index contributed by atoms with van der Waals surface area (Å²) in [5, 5.41) is 62.6. The van der Waals surface area contributed by atoms with Crippen LogP contribution in [0.2, 0.25) is 0 Å². The van der Waals surface area contributed by atoms with Crippen LogP contribution in [0, 0.1) is 15.6 Å². The minimum absolute atomic E-state index is 0.0457. The van der Waals surface area contributed by atoms with E-state index in [0.29, 0.717) is 17.0 Å². The monoisotopic (exact) mass is 413 g/mol. The fraction of sp³-hybridized carbons (Fsp3) is 0.312. The Morgan fingerprint density at radius 3 is 2.45 bits per heavy atom. The summed E-state index contributed by atoms with van der Waals surface area (Å²) in [6.45, 7) is 2.75. The van der Waals surface area contributed by atoms with E-state index in [-0.39, 0.29) is 30.1 Å². The topological polar surface area (TPSA) is 194 Å². The van der Waals surface area contributed by atoms with E-state index in [9.17, 15) is 30.8 Å². The van der Waals surface area contributed by atoms with Crippen molar-refractivity contribution in [2.45, 2.75) is 19.8 Å². The van der Waals surface area contributed by atoms with Crippen molar-refractivity contribution in [2.75, 3.05) is 13.2 Å². The summed E-state index contributed by atoms with van der Waals surface area (Å²) in [7, 11) is 0. The molecule has 29 heavy (non-hydrogen) atoms. The largest absolute Gasteiger partial charge is 0.595 e. The summed E-state index contributed by atoms with van der Waals surface area (Å²) in [4.78, 5) is 17.1. The Morgan fingerprint density at radius 2 is 1.86 bits per heavy atom. The van der Waals surface area contributed by atoms with Gasteiger partial charge < -0.3 is 26.3 Å². The normalized spacial score (nSPS) is 20.2. The Kier molecular flexibility index (Phi) is 7.77. The Hall–Kier alpha value is -2.43. The van der Waals surface area contributed by atoms with E-state index < -0.39 is 27.7 Å². The lowest BCUT2D eigenvalue weighted by atomic mass is 9.83. The molecule has 1 aliphatic rings. The molecule has 0 spiro atoms. The number of amides is 1. The molecule has 1 aliphatic heterocycles. The summed E-state index contributed by atoms with van der Waals surface area (Å²) < 4.78 is 0. The molecule has 1 amide bonds. The predicted octanol–water partition coefficient (Wildman–Crippen LogP) is -3.13. The number of quaternary nitrogens is 3. The SMILES string of the molecule is CC1=C(C(=O)NCCO[NH+]([O-])O)C(c2cccc([NH+]([O-])O)c2)C([NH+]([O-])O)=C(C)N1. The molecular formula is C16H23N5O8. The van der Waals surface area contributed by atoms with Gasteiger partial charge in [-0.25, -0.2) is 10.4 Å². The predicted molar refractivity (Wildman–Crippen MR) is 94.7 cm³/mol. The maximum absolute atomic E-state index is 12.8. The maximum Gasteiger partial charge on any atom is 0.250 e. The zero-order valence-electron chi connectivity index (χ0n) is 15.7. The summed E-state index contributed by atoms with van der Waals surface area (Å²) in [5.41, 5.74) is 1.00. The van der Waals surface area contributed by atoms with Crippen molar-refractivity contribution < 1.29 is 41.1 Å². The third-order valence-electron chi connectivity index (χ3n) is 4.32. The molecule has 0 bridgehead atoms. The molecule has 0 fully saturated rings. The van der Waals surface area contributed by atoms with Gasteiger partial charge in [0, 0.05) is 24.4 Å². The van der Waals surface area contributed by atoms with Crippen LogP contribution in [0.15, 0.2) is 46.9 Å². The van der Waals surface area contributed by atoms with Gasteiger partial charge in [0.1, 0.15) is 6.61 Å². The fourth-order valence-corrected chi connectivity index (χ4v) is 3.16. The fourth-order valence-electron chi connectivity index (χ4n) is 3.16. The second-order valence-electron chi connectivity index (χ2n) is 6.24. The van der Waals surface area contributed by atoms with Gasteiger partial charge in [-0.05, 0) is 19.4 Å². The van der Waals surface area contributed by atoms with Gasteiger partial charge in [0.2, 0.25) is 5.91 Å². The molecule has 1 aromatic carbocycles. The number of benzene rings is 1. The molecule has 4 unspecified atom stereocenters. The van der Waals surface area contributed by atoms with Crippen LogP contribution < -0.4 is 26.5 Å². The Labute approximate surface area is 165 Å². The molecule has 2 rings (SSSR count). The van der Waals surface area contributed by atoms with E-state index in [1.807, 2.05) is 0 Å². The Bertz CT molecular complexity index is 808. The number of hydrogen-bond acceptors (Lipinski definition) is 9. The summed E-state index contributed by atoms with van der Waals surface area (Å²) in [5.74, 6) is -1.64. The summed E-state index contributed by atoms with van der Waals surface area (Å²) in [6.07, 6.45) is 0. The van der Waals surface area contributed by atoms with Gasteiger partial charge in [-0.3, -0.25) is 4.79 Å². The van der Waals surface area contributed by atoms with Crippen LogP contribution in [0.4, 0.5) is 5.69 Å². The van der Waals surface area contributed by atoms with Crippen LogP contribution in [-0.4, -0.2) is 34.7 Å². The van der Waals surface area contributed by atoms with Crippen molar-refractivity contribution in [3.8, 4) is 0 Å². The number of allylic oxidation sites excluding steroid dienone is 3. The minimum atomic E-state index is -1.48. The summed E-state index contributed by atoms with van der Waals surface area (Å²) in [6, 6.07) is 5.71. The molecule has 13 heteroatoms. The van der Waals surface area contributed by atoms with Crippen LogP contribution in [0.25, 0.3) is 0 Å². The van der Waals surface area contributed by atoms with Crippen LogP contribution in [0.3, 0.4) is 0 Å². The van der Waals surface area contributed by atoms with E-state index in [4.69, 9.17) is 5.21 Å². The molecular weight excluding hydrogens is 390 g/mol. The highest BCUT2D eigenvalue weighted by Gasteiger charge is 2.37. The molecule has 0 saturated heterocycles. The van der Waals surface area contributed by atoms with Crippen molar-refractivity contribution in [3.05, 3.63) is 68.1 Å². The van der Waals surface area contributed by atoms with Gasteiger partial charge in [0.25, 0.3) is 0 Å². The van der Waals surface area contributed by atoms with Crippen LogP contribution in [-0.2, 0) is 9.63 Å². The molecule has 0 aromatic heterocycles. The van der Waals surface area contributed by atoms with E-state index in [2.05, 4.69) is 15.5 Å². The molecule has 1 aromatic rings. The average Bonchev–Trinajstić information content (AvgIpc) is 2.64. The third kappa shape index (κ3) is 5.55. The van der Waals surface area contributed by atoms with Crippen molar-refractivity contribution >= 4 is 11.6 Å². The quantitative estimate of drug-likeness (QED) is 0.161. The van der Waals surface area contributed by atoms with Crippen molar-refractivity contribution in [2.24, 2.45) is 0 Å². The molecule has 13 nitrogen and oxygen atoms in total. The second kappa shape index (κ2) is 9.86. The number of carbonyl (C=O) groups excluding carboxylic acids is 1. The molecule has 4 atom stereocenters. The lowest BCUT2D eigenvalue weighted by Gasteiger charge is -2.33. The number of dihydropyridines is 1. The average molecular weight is 413 g/mol. The lowest BCUT2D eigenvalue weighted by molar-refractivity contribution is -1.21. The number of hydroxylamine groups is 2. The van der Waals surface area contributed by atoms with Gasteiger partial charge in [0.15, 0.2) is 11.4 Å². The van der Waals surface area contributed by atoms with Crippen molar-refractivity contribution in [3.63, 3.8) is 0 Å². The minimum Gasteiger partial charge on any atom is -0.595 e. The van der Waals surface area contributed by atoms with Gasteiger partial charge in [-0.15, -0.1) is 0 Å². The molecule has 160 valence electrons. The highest BCUT2D eigenvalue weighted by Crippen LogP contribution is 2.35. The lowest BCUT2D eigenvalue weighted by Crippen LogP contribution is -3.03. The zero-order valence-corrected chi connectivity index (χ0v) is 15.7. The van der Waals surface area contributed by atoms with Gasteiger partial charge in [-0.1, -0.05) is 17.5 Å². The second-order valence-corrected chi connectivity index (χ2v) is 6.24. The number of nitrogens with one attached hydrogen (secondary N) is 5. The van der Waals surface area contributed by atoms with Gasteiger partial charge in [-0.2, -0.15) is 20.5 Å². The zero-order chi connectivity index (χ0) is 21.7. The third-order valence-corrected chi connectivity index (χ3v) is 4.32. The molecule has 8 N–H and O–H groups in total. The van der Waals surface area contributed by atoms with E-state index in [1.165, 1.54) is 18.2 Å². The highest BCUT2D eigenvalue weighted by atomic mass is 17.1. The van der Waals surface area contributed by atoms with E-state index in [1.54, 1.807) is 19.9 Å². The smallest absolute Gasteiger partial charge is 0.250 e. The number of hydrogen-bond donors (Lipinski definition) is 8. The molecule has 1 heterocycles. The van der Waals surface area contributed by atoms with E-state index >= 15 is 0 Å². The van der Waals surface area contributed by atoms with Gasteiger partial charge >= 0.3 is 0 Å². The van der Waals surface area contributed by atoms with E-state index in [0.717, 1.165) is 0 Å². The first-order chi connectivity index (χ1) is 13.6. The maximum atomic E-state index is 12.8. The Balaban J connectivity index is 2.42. The summed E-state index contributed by atoms with van der Waals surface area (Å²) >= 11 is 0. The first-order valence-corrected chi connectivity index (χ1v) is 8.52. The van der Waals surface area contributed by atoms with Crippen molar-refractivity contribution in [1.29, 1.82) is 0 Å². The van der Waals surface area contributed by atoms with Crippen LogP contribution in [0.1, 0.15) is 25.3 Å². The van der Waals surface area contributed by atoms with Crippen LogP contribution in [0.5, 0.6) is 0 Å². The van der Waals surface area contributed by atoms with Gasteiger partial charge in [0.05, 0.1) is 17.2 Å². The molecule has 0 aliphatic carbocycles. The Morgan fingerprint density at radius 1 is 1.17 bits per heavy atom. The highest BCUT2D eigenvalue weighted by molar-refractivity contribution is 5.96. The number of rotatable bonds is 8. The van der Waals surface area contributed by atoms with Crippen LogP contribution >= 0.6 is 0 Å². The first kappa shape index (κ1) is 22.9. The molecule has 0 radical (unpaired) electrons.